The molecule has 0 aliphatic heterocycles. The molecule has 112 valence electrons. The smallest absolute Gasteiger partial charge is 0.410 e. The van der Waals surface area contributed by atoms with E-state index in [1.54, 1.807) is 4.90 Å². The molecule has 0 aromatic rings. The Morgan fingerprint density at radius 1 is 1.42 bits per heavy atom. The van der Waals surface area contributed by atoms with Crippen LogP contribution in [0, 0.1) is 0 Å². The zero-order valence-corrected chi connectivity index (χ0v) is 12.9. The van der Waals surface area contributed by atoms with E-state index in [2.05, 4.69) is 5.32 Å². The molecule has 0 unspecified atom stereocenters. The second-order valence-corrected chi connectivity index (χ2v) is 6.65. The Balaban J connectivity index is 2.33. The number of carbonyl (C=O) groups excluding carboxylic acids is 1. The van der Waals surface area contributed by atoms with Crippen LogP contribution in [0.15, 0.2) is 0 Å². The van der Waals surface area contributed by atoms with E-state index in [0.29, 0.717) is 18.6 Å². The summed E-state index contributed by atoms with van der Waals surface area (Å²) in [5.41, 5.74) is 5.30. The average molecular weight is 271 g/mol. The fourth-order valence-electron chi connectivity index (χ4n) is 2.10. The maximum atomic E-state index is 12.1. The molecule has 1 amide bonds. The summed E-state index contributed by atoms with van der Waals surface area (Å²) in [6.07, 6.45) is 1.83. The summed E-state index contributed by atoms with van der Waals surface area (Å²) in [5, 5.41) is 3.42. The normalized spacial score (nSPS) is 23.1. The molecule has 0 spiro atoms. The van der Waals surface area contributed by atoms with E-state index in [0.717, 1.165) is 19.4 Å². The maximum absolute atomic E-state index is 12.1. The van der Waals surface area contributed by atoms with Crippen molar-refractivity contribution >= 4 is 6.09 Å². The first-order valence-electron chi connectivity index (χ1n) is 7.17. The summed E-state index contributed by atoms with van der Waals surface area (Å²) < 4.78 is 5.42. The fraction of sp³-hybridized carbons (Fsp3) is 0.929. The highest BCUT2D eigenvalue weighted by Crippen LogP contribution is 2.17. The van der Waals surface area contributed by atoms with Crippen molar-refractivity contribution in [3.05, 3.63) is 0 Å². The minimum atomic E-state index is -0.446. The average Bonchev–Trinajstić information content (AvgIpc) is 2.17. The number of nitrogens with two attached hydrogens (primary N) is 1. The van der Waals surface area contributed by atoms with Gasteiger partial charge in [0.15, 0.2) is 0 Å². The van der Waals surface area contributed by atoms with Gasteiger partial charge in [0.25, 0.3) is 0 Å². The summed E-state index contributed by atoms with van der Waals surface area (Å²) in [7, 11) is 0. The van der Waals surface area contributed by atoms with Crippen LogP contribution in [0.2, 0.25) is 0 Å². The number of carbonyl (C=O) groups is 1. The second kappa shape index (κ2) is 6.57. The molecule has 3 N–H and O–H groups in total. The summed E-state index contributed by atoms with van der Waals surface area (Å²) in [4.78, 5) is 13.8. The topological polar surface area (TPSA) is 67.6 Å². The first-order valence-corrected chi connectivity index (χ1v) is 7.17. The lowest BCUT2D eigenvalue weighted by Gasteiger charge is -2.35. The minimum Gasteiger partial charge on any atom is -0.444 e. The van der Waals surface area contributed by atoms with Crippen molar-refractivity contribution in [2.45, 2.75) is 71.2 Å². The summed E-state index contributed by atoms with van der Waals surface area (Å²) in [5.74, 6) is 0. The molecule has 1 rings (SSSR count). The SMILES string of the molecule is CC(C)N(CCNC1CC(N)C1)C(=O)OC(C)(C)C. The number of hydrogen-bond acceptors (Lipinski definition) is 4. The maximum Gasteiger partial charge on any atom is 0.410 e. The van der Waals surface area contributed by atoms with Crippen molar-refractivity contribution in [1.82, 2.24) is 10.2 Å². The molecule has 0 aromatic heterocycles. The van der Waals surface area contributed by atoms with Gasteiger partial charge in [0.1, 0.15) is 5.60 Å². The first kappa shape index (κ1) is 16.2. The number of amides is 1. The van der Waals surface area contributed by atoms with Crippen molar-refractivity contribution in [1.29, 1.82) is 0 Å². The molecule has 0 saturated heterocycles. The molecule has 5 nitrogen and oxygen atoms in total. The zero-order valence-electron chi connectivity index (χ0n) is 12.9. The number of hydrogen-bond donors (Lipinski definition) is 2. The molecule has 0 heterocycles. The minimum absolute atomic E-state index is 0.139. The third kappa shape index (κ3) is 5.78. The second-order valence-electron chi connectivity index (χ2n) is 6.65. The quantitative estimate of drug-likeness (QED) is 0.799. The van der Waals surface area contributed by atoms with Crippen LogP contribution in [0.5, 0.6) is 0 Å². The van der Waals surface area contributed by atoms with Gasteiger partial charge in [0, 0.05) is 31.2 Å². The zero-order chi connectivity index (χ0) is 14.6. The largest absolute Gasteiger partial charge is 0.444 e. The van der Waals surface area contributed by atoms with Crippen LogP contribution in [0.1, 0.15) is 47.5 Å². The van der Waals surface area contributed by atoms with E-state index in [9.17, 15) is 4.79 Å². The van der Waals surface area contributed by atoms with E-state index in [1.165, 1.54) is 0 Å². The van der Waals surface area contributed by atoms with Gasteiger partial charge >= 0.3 is 6.09 Å². The predicted molar refractivity (Wildman–Crippen MR) is 77.1 cm³/mol. The van der Waals surface area contributed by atoms with Gasteiger partial charge in [-0.05, 0) is 47.5 Å². The molecule has 0 bridgehead atoms. The Morgan fingerprint density at radius 2 is 2.00 bits per heavy atom. The highest BCUT2D eigenvalue weighted by atomic mass is 16.6. The van der Waals surface area contributed by atoms with E-state index >= 15 is 0 Å². The molecule has 0 atom stereocenters. The fourth-order valence-corrected chi connectivity index (χ4v) is 2.10. The van der Waals surface area contributed by atoms with Crippen molar-refractivity contribution in [2.75, 3.05) is 13.1 Å². The van der Waals surface area contributed by atoms with Crippen molar-refractivity contribution in [3.8, 4) is 0 Å². The number of rotatable bonds is 5. The van der Waals surface area contributed by atoms with E-state index < -0.39 is 5.60 Å². The van der Waals surface area contributed by atoms with Crippen LogP contribution in [0.4, 0.5) is 4.79 Å². The number of nitrogens with one attached hydrogen (secondary N) is 1. The molecule has 19 heavy (non-hydrogen) atoms. The van der Waals surface area contributed by atoms with Gasteiger partial charge in [-0.1, -0.05) is 0 Å². The highest BCUT2D eigenvalue weighted by molar-refractivity contribution is 5.68. The van der Waals surface area contributed by atoms with Gasteiger partial charge in [-0.25, -0.2) is 4.79 Å². The first-order chi connectivity index (χ1) is 8.69. The Kier molecular flexibility index (Phi) is 5.62. The van der Waals surface area contributed by atoms with E-state index in [1.807, 2.05) is 34.6 Å². The molecule has 1 aliphatic rings. The Bertz CT molecular complexity index is 294. The molecule has 0 aromatic carbocycles. The molecule has 1 saturated carbocycles. The molecular formula is C14H29N3O2. The van der Waals surface area contributed by atoms with Crippen LogP contribution < -0.4 is 11.1 Å². The van der Waals surface area contributed by atoms with Crippen LogP contribution in [0.3, 0.4) is 0 Å². The van der Waals surface area contributed by atoms with Crippen molar-refractivity contribution in [3.63, 3.8) is 0 Å². The standard InChI is InChI=1S/C14H29N3O2/c1-10(2)17(13(18)19-14(3,4)5)7-6-16-12-8-11(15)9-12/h10-12,16H,6-9,15H2,1-5H3. The molecule has 1 aliphatic carbocycles. The van der Waals surface area contributed by atoms with Crippen LogP contribution >= 0.6 is 0 Å². The van der Waals surface area contributed by atoms with Crippen molar-refractivity contribution in [2.24, 2.45) is 5.73 Å². The summed E-state index contributed by atoms with van der Waals surface area (Å²) in [6, 6.07) is 1.01. The Hall–Kier alpha value is -0.810. The highest BCUT2D eigenvalue weighted by Gasteiger charge is 2.27. The Labute approximate surface area is 116 Å². The summed E-state index contributed by atoms with van der Waals surface area (Å²) in [6.45, 7) is 11.1. The third-order valence-electron chi connectivity index (χ3n) is 3.21. The number of nitrogens with zero attached hydrogens (tertiary/aromatic N) is 1. The molecule has 5 heteroatoms. The molecular weight excluding hydrogens is 242 g/mol. The Morgan fingerprint density at radius 3 is 2.42 bits per heavy atom. The lowest BCUT2D eigenvalue weighted by molar-refractivity contribution is 0.0190. The summed E-state index contributed by atoms with van der Waals surface area (Å²) >= 11 is 0. The molecule has 1 fully saturated rings. The predicted octanol–water partition coefficient (Wildman–Crippen LogP) is 1.71. The van der Waals surface area contributed by atoms with Crippen LogP contribution in [-0.4, -0.2) is 47.8 Å². The van der Waals surface area contributed by atoms with E-state index in [4.69, 9.17) is 10.5 Å². The van der Waals surface area contributed by atoms with Gasteiger partial charge in [-0.2, -0.15) is 0 Å². The number of ether oxygens (including phenoxy) is 1. The van der Waals surface area contributed by atoms with Gasteiger partial charge in [0.05, 0.1) is 0 Å². The van der Waals surface area contributed by atoms with E-state index in [-0.39, 0.29) is 12.1 Å². The lowest BCUT2D eigenvalue weighted by Crippen LogP contribution is -2.51. The monoisotopic (exact) mass is 271 g/mol. The lowest BCUT2D eigenvalue weighted by atomic mass is 9.88. The van der Waals surface area contributed by atoms with Gasteiger partial charge in [-0.15, -0.1) is 0 Å². The van der Waals surface area contributed by atoms with Gasteiger partial charge < -0.3 is 20.7 Å². The molecule has 0 radical (unpaired) electrons. The van der Waals surface area contributed by atoms with Crippen molar-refractivity contribution < 1.29 is 9.53 Å². The van der Waals surface area contributed by atoms with Gasteiger partial charge in [-0.3, -0.25) is 0 Å². The van der Waals surface area contributed by atoms with Crippen LogP contribution in [-0.2, 0) is 4.74 Å². The third-order valence-corrected chi connectivity index (χ3v) is 3.21. The van der Waals surface area contributed by atoms with Crippen LogP contribution in [0.25, 0.3) is 0 Å². The van der Waals surface area contributed by atoms with Gasteiger partial charge in [0.2, 0.25) is 0 Å².